The number of nitrogens with zero attached hydrogens (tertiary/aromatic N) is 1. The summed E-state index contributed by atoms with van der Waals surface area (Å²) in [5.74, 6) is 0. The average Bonchev–Trinajstić information content (AvgIpc) is 2.80. The molecule has 30 heavy (non-hydrogen) atoms. The maximum absolute atomic E-state index is 14.8. The van der Waals surface area contributed by atoms with Crippen LogP contribution >= 0.6 is 2.43 Å². The molecule has 154 valence electrons. The molecule has 0 aromatic heterocycles. The van der Waals surface area contributed by atoms with Crippen molar-refractivity contribution in [2.45, 2.75) is 0 Å². The predicted octanol–water partition coefficient (Wildman–Crippen LogP) is 0.191. The molecular weight excluding hydrogens is 615 g/mol. The number of hydrogen-bond donors (Lipinski definition) is 0. The van der Waals surface area contributed by atoms with Gasteiger partial charge in [-0.15, -0.1) is 0 Å². The molecule has 0 unspecified atom stereocenters. The zero-order valence-electron chi connectivity index (χ0n) is 16.5. The second kappa shape index (κ2) is 10.1. The Morgan fingerprint density at radius 1 is 0.600 bits per heavy atom. The summed E-state index contributed by atoms with van der Waals surface area (Å²) < 4.78 is 14.7. The van der Waals surface area contributed by atoms with Crippen molar-refractivity contribution >= 4 is 19.1 Å². The van der Waals surface area contributed by atoms with Crippen LogP contribution < -0.4 is 51.5 Å². The molecule has 4 aromatic rings. The Morgan fingerprint density at radius 3 is 1.57 bits per heavy atom. The fourth-order valence-electron chi connectivity index (χ4n) is 3.06. The minimum absolute atomic E-state index is 0.662. The van der Waals surface area contributed by atoms with Gasteiger partial charge < -0.3 is 0 Å². The summed E-state index contributed by atoms with van der Waals surface area (Å²) in [5.41, 5.74) is 2.16. The summed E-state index contributed by atoms with van der Waals surface area (Å²) in [5, 5.41) is 1.03. The van der Waals surface area contributed by atoms with Crippen molar-refractivity contribution in [3.8, 4) is 0 Å². The van der Waals surface area contributed by atoms with Gasteiger partial charge in [0.15, 0.2) is 0 Å². The first-order valence-corrected chi connectivity index (χ1v) is 19.0. The van der Waals surface area contributed by atoms with E-state index in [1.54, 1.807) is 0 Å². The SMILES string of the molecule is CN(c1ccccc1)c1ccccc1P(=O)([I-]c1ccccc1)[I-]c1ccccc1. The molecule has 4 aromatic carbocycles. The van der Waals surface area contributed by atoms with Crippen LogP contribution in [0.1, 0.15) is 0 Å². The summed E-state index contributed by atoms with van der Waals surface area (Å²) in [7, 11) is 2.07. The van der Waals surface area contributed by atoms with Gasteiger partial charge in [0.25, 0.3) is 0 Å². The molecule has 0 aliphatic heterocycles. The van der Waals surface area contributed by atoms with Gasteiger partial charge in [0.1, 0.15) is 0 Å². The molecular formula is C25H22I2NOP-2. The topological polar surface area (TPSA) is 20.3 Å². The van der Waals surface area contributed by atoms with Crippen LogP contribution in [0.3, 0.4) is 0 Å². The van der Waals surface area contributed by atoms with Gasteiger partial charge in [-0.05, 0) is 0 Å². The Balaban J connectivity index is 1.80. The van der Waals surface area contributed by atoms with Crippen molar-refractivity contribution in [1.29, 1.82) is 0 Å². The molecule has 0 heterocycles. The van der Waals surface area contributed by atoms with Crippen LogP contribution in [0.5, 0.6) is 0 Å². The van der Waals surface area contributed by atoms with Gasteiger partial charge in [0.2, 0.25) is 0 Å². The summed E-state index contributed by atoms with van der Waals surface area (Å²) in [4.78, 5) is 2.17. The first-order valence-electron chi connectivity index (χ1n) is 9.58. The van der Waals surface area contributed by atoms with Crippen molar-refractivity contribution in [2.24, 2.45) is 0 Å². The Bertz CT molecular complexity index is 1090. The third-order valence-corrected chi connectivity index (χ3v) is 25.3. The number of halogens is 2. The standard InChI is InChI=1S/C25H22I2NOP/c1-28(23-17-9-4-10-18-23)24-19-11-12-20-25(24)30(29,26-21-13-5-2-6-14-21)27-22-15-7-3-8-16-22/h2-20H,1H3/q-2. The van der Waals surface area contributed by atoms with E-state index in [0.717, 1.165) is 16.7 Å². The first kappa shape index (κ1) is 21.6. The van der Waals surface area contributed by atoms with Crippen LogP contribution in [0.2, 0.25) is 0 Å². The fraction of sp³-hybridized carbons (Fsp3) is 0.0400. The van der Waals surface area contributed by atoms with E-state index in [4.69, 9.17) is 0 Å². The molecule has 5 heteroatoms. The van der Waals surface area contributed by atoms with Crippen molar-refractivity contribution in [3.63, 3.8) is 0 Å². The van der Waals surface area contributed by atoms with Crippen LogP contribution in [-0.2, 0) is 4.57 Å². The Labute approximate surface area is 197 Å². The van der Waals surface area contributed by atoms with Gasteiger partial charge in [-0.2, -0.15) is 0 Å². The monoisotopic (exact) mass is 637 g/mol. The fourth-order valence-corrected chi connectivity index (χ4v) is 26.4. The molecule has 0 spiro atoms. The van der Waals surface area contributed by atoms with Gasteiger partial charge in [-0.3, -0.25) is 0 Å². The van der Waals surface area contributed by atoms with Gasteiger partial charge in [-0.25, -0.2) is 0 Å². The zero-order valence-corrected chi connectivity index (χ0v) is 21.7. The molecule has 0 atom stereocenters. The molecule has 4 rings (SSSR count). The molecule has 2 nitrogen and oxygen atoms in total. The second-order valence-electron chi connectivity index (χ2n) is 6.61. The number of benzene rings is 4. The Morgan fingerprint density at radius 2 is 1.03 bits per heavy atom. The summed E-state index contributed by atoms with van der Waals surface area (Å²) in [6, 6.07) is 39.4. The van der Waals surface area contributed by atoms with Gasteiger partial charge in [-0.1, -0.05) is 0 Å². The van der Waals surface area contributed by atoms with E-state index in [1.807, 2.05) is 42.5 Å². The molecule has 0 fully saturated rings. The molecule has 0 N–H and O–H groups in total. The molecule has 0 aliphatic carbocycles. The summed E-state index contributed by atoms with van der Waals surface area (Å²) in [6.45, 7) is 0. The van der Waals surface area contributed by atoms with Crippen molar-refractivity contribution in [1.82, 2.24) is 0 Å². The van der Waals surface area contributed by atoms with E-state index in [1.165, 1.54) is 7.14 Å². The maximum atomic E-state index is 14.8. The van der Waals surface area contributed by atoms with Gasteiger partial charge in [0.05, 0.1) is 0 Å². The normalized spacial score (nSPS) is 11.5. The van der Waals surface area contributed by atoms with E-state index >= 15 is 0 Å². The third-order valence-electron chi connectivity index (χ3n) is 4.55. The van der Waals surface area contributed by atoms with E-state index in [2.05, 4.69) is 84.7 Å². The van der Waals surface area contributed by atoms with Crippen LogP contribution in [0.25, 0.3) is 0 Å². The Kier molecular flexibility index (Phi) is 7.28. The first-order chi connectivity index (χ1) is 14.7. The van der Waals surface area contributed by atoms with Gasteiger partial charge >= 0.3 is 199 Å². The quantitative estimate of drug-likeness (QED) is 0.213. The molecule has 0 saturated carbocycles. The number of anilines is 2. The minimum atomic E-state index is -2.55. The molecule has 0 aliphatic rings. The van der Waals surface area contributed by atoms with E-state index < -0.39 is 43.7 Å². The molecule has 0 radical (unpaired) electrons. The van der Waals surface area contributed by atoms with Crippen LogP contribution in [0.4, 0.5) is 11.4 Å². The summed E-state index contributed by atoms with van der Waals surface area (Å²) >= 11 is -1.32. The average molecular weight is 637 g/mol. The number of hydrogen-bond acceptors (Lipinski definition) is 2. The molecule has 0 amide bonds. The van der Waals surface area contributed by atoms with E-state index in [-0.39, 0.29) is 0 Å². The zero-order chi connectivity index (χ0) is 20.8. The third kappa shape index (κ3) is 5.16. The van der Waals surface area contributed by atoms with E-state index in [0.29, 0.717) is 0 Å². The van der Waals surface area contributed by atoms with E-state index in [9.17, 15) is 4.57 Å². The van der Waals surface area contributed by atoms with Crippen LogP contribution in [-0.4, -0.2) is 7.05 Å². The van der Waals surface area contributed by atoms with Gasteiger partial charge in [0, 0.05) is 0 Å². The van der Waals surface area contributed by atoms with Crippen molar-refractivity contribution in [3.05, 3.63) is 122 Å². The second-order valence-corrected chi connectivity index (χ2v) is 27.4. The van der Waals surface area contributed by atoms with Crippen molar-refractivity contribution < 1.29 is 45.9 Å². The molecule has 0 saturated heterocycles. The van der Waals surface area contributed by atoms with Crippen molar-refractivity contribution in [2.75, 3.05) is 11.9 Å². The van der Waals surface area contributed by atoms with Crippen LogP contribution in [0, 0.1) is 7.14 Å². The Hall–Kier alpha value is -1.63. The predicted molar refractivity (Wildman–Crippen MR) is 118 cm³/mol. The summed E-state index contributed by atoms with van der Waals surface area (Å²) in [6.07, 6.45) is 0. The number of para-hydroxylation sites is 2. The number of rotatable bonds is 7. The van der Waals surface area contributed by atoms with Crippen LogP contribution in [0.15, 0.2) is 115 Å². The molecule has 0 bridgehead atoms.